The average Bonchev–Trinajstić information content (AvgIpc) is 3.12. The molecule has 0 unspecified atom stereocenters. The van der Waals surface area contributed by atoms with Crippen LogP contribution >= 0.6 is 0 Å². The monoisotopic (exact) mass is 413 g/mol. The Morgan fingerprint density at radius 2 is 1.80 bits per heavy atom. The van der Waals surface area contributed by atoms with E-state index in [4.69, 9.17) is 18.9 Å². The molecule has 0 aliphatic carbocycles. The number of amides is 3. The Balaban J connectivity index is 1.38. The van der Waals surface area contributed by atoms with Crippen molar-refractivity contribution < 1.29 is 28.5 Å². The van der Waals surface area contributed by atoms with Crippen molar-refractivity contribution in [1.29, 1.82) is 0 Å². The molecule has 0 saturated carbocycles. The van der Waals surface area contributed by atoms with Crippen molar-refractivity contribution in [1.82, 2.24) is 5.32 Å². The van der Waals surface area contributed by atoms with Crippen molar-refractivity contribution in [3.8, 4) is 23.0 Å². The minimum Gasteiger partial charge on any atom is -0.493 e. The number of ether oxygens (including phenoxy) is 4. The molecule has 30 heavy (non-hydrogen) atoms. The fourth-order valence-corrected chi connectivity index (χ4v) is 3.52. The first kappa shape index (κ1) is 19.7. The molecule has 4 rings (SSSR count). The van der Waals surface area contributed by atoms with Crippen molar-refractivity contribution in [2.24, 2.45) is 0 Å². The van der Waals surface area contributed by atoms with Gasteiger partial charge in [-0.2, -0.15) is 0 Å². The van der Waals surface area contributed by atoms with Crippen LogP contribution in [0.2, 0.25) is 0 Å². The van der Waals surface area contributed by atoms with E-state index >= 15 is 0 Å². The van der Waals surface area contributed by atoms with Crippen molar-refractivity contribution >= 4 is 23.3 Å². The van der Waals surface area contributed by atoms with Gasteiger partial charge < -0.3 is 34.5 Å². The lowest BCUT2D eigenvalue weighted by Crippen LogP contribution is -2.39. The minimum atomic E-state index is -0.390. The number of rotatable bonds is 5. The zero-order valence-electron chi connectivity index (χ0n) is 16.8. The van der Waals surface area contributed by atoms with E-state index in [1.807, 2.05) is 0 Å². The maximum atomic E-state index is 12.5. The van der Waals surface area contributed by atoms with E-state index in [-0.39, 0.29) is 18.4 Å². The number of fused-ring (bicyclic) bond motifs is 1. The maximum Gasteiger partial charge on any atom is 0.319 e. The number of hydrogen-bond donors (Lipinski definition) is 2. The summed E-state index contributed by atoms with van der Waals surface area (Å²) in [6.07, 6.45) is 0.211. The third-order valence-corrected chi connectivity index (χ3v) is 4.94. The summed E-state index contributed by atoms with van der Waals surface area (Å²) >= 11 is 0. The molecule has 0 bridgehead atoms. The zero-order chi connectivity index (χ0) is 21.1. The number of nitrogens with one attached hydrogen (secondary N) is 2. The fourth-order valence-electron chi connectivity index (χ4n) is 3.52. The summed E-state index contributed by atoms with van der Waals surface area (Å²) in [4.78, 5) is 26.5. The number of anilines is 2. The number of carbonyl (C=O) groups is 2. The quantitative estimate of drug-likeness (QED) is 0.781. The molecule has 158 valence electrons. The van der Waals surface area contributed by atoms with Gasteiger partial charge in [0.2, 0.25) is 5.91 Å². The number of methoxy groups -OCH3 is 2. The molecule has 3 amide bonds. The van der Waals surface area contributed by atoms with Crippen LogP contribution in [0.15, 0.2) is 36.4 Å². The molecule has 9 heteroatoms. The van der Waals surface area contributed by atoms with Gasteiger partial charge in [-0.3, -0.25) is 4.79 Å². The first-order valence-electron chi connectivity index (χ1n) is 9.57. The normalized spacial score (nSPS) is 17.5. The van der Waals surface area contributed by atoms with E-state index in [1.54, 1.807) is 55.5 Å². The van der Waals surface area contributed by atoms with Gasteiger partial charge in [0.15, 0.2) is 23.0 Å². The molecule has 2 aliphatic heterocycles. The number of nitrogens with zero attached hydrogens (tertiary/aromatic N) is 1. The SMILES string of the molecule is COc1ccc(N2C[C@H](NC(=O)Nc3ccc4c(c3)OCCO4)CC2=O)cc1OC. The molecule has 2 N–H and O–H groups in total. The largest absolute Gasteiger partial charge is 0.493 e. The predicted molar refractivity (Wildman–Crippen MR) is 110 cm³/mol. The number of benzene rings is 2. The summed E-state index contributed by atoms with van der Waals surface area (Å²) in [6, 6.07) is 9.78. The fraction of sp³-hybridized carbons (Fsp3) is 0.333. The van der Waals surface area contributed by atoms with Gasteiger partial charge in [-0.1, -0.05) is 0 Å². The molecule has 2 aromatic rings. The van der Waals surface area contributed by atoms with Crippen LogP contribution in [0, 0.1) is 0 Å². The average molecular weight is 413 g/mol. The van der Waals surface area contributed by atoms with Gasteiger partial charge in [0.05, 0.1) is 20.3 Å². The number of urea groups is 1. The zero-order valence-corrected chi connectivity index (χ0v) is 16.8. The lowest BCUT2D eigenvalue weighted by molar-refractivity contribution is -0.117. The van der Waals surface area contributed by atoms with Crippen LogP contribution in [0.4, 0.5) is 16.2 Å². The molecular formula is C21H23N3O6. The van der Waals surface area contributed by atoms with Crippen molar-refractivity contribution in [2.45, 2.75) is 12.5 Å². The van der Waals surface area contributed by atoms with E-state index in [0.29, 0.717) is 54.1 Å². The van der Waals surface area contributed by atoms with Crippen LogP contribution in [0.1, 0.15) is 6.42 Å². The predicted octanol–water partition coefficient (Wildman–Crippen LogP) is 2.40. The second-order valence-electron chi connectivity index (χ2n) is 6.90. The van der Waals surface area contributed by atoms with E-state index in [2.05, 4.69) is 10.6 Å². The second-order valence-corrected chi connectivity index (χ2v) is 6.90. The van der Waals surface area contributed by atoms with Crippen LogP contribution in [0.5, 0.6) is 23.0 Å². The molecule has 1 atom stereocenters. The Bertz CT molecular complexity index is 964. The summed E-state index contributed by atoms with van der Waals surface area (Å²) in [5.74, 6) is 2.29. The highest BCUT2D eigenvalue weighted by Crippen LogP contribution is 2.34. The summed E-state index contributed by atoms with van der Waals surface area (Å²) in [5.41, 5.74) is 1.27. The van der Waals surface area contributed by atoms with Crippen LogP contribution in [0.3, 0.4) is 0 Å². The van der Waals surface area contributed by atoms with Crippen LogP contribution in [-0.2, 0) is 4.79 Å². The summed E-state index contributed by atoms with van der Waals surface area (Å²) in [5, 5.41) is 5.62. The lowest BCUT2D eigenvalue weighted by atomic mass is 10.2. The number of hydrogen-bond acceptors (Lipinski definition) is 6. The Morgan fingerprint density at radius 3 is 2.57 bits per heavy atom. The molecule has 0 aromatic heterocycles. The Morgan fingerprint density at radius 1 is 1.03 bits per heavy atom. The van der Waals surface area contributed by atoms with Crippen molar-refractivity contribution in [3.05, 3.63) is 36.4 Å². The van der Waals surface area contributed by atoms with Gasteiger partial charge in [-0.15, -0.1) is 0 Å². The van der Waals surface area contributed by atoms with Gasteiger partial charge in [-0.25, -0.2) is 4.79 Å². The molecular weight excluding hydrogens is 390 g/mol. The van der Waals surface area contributed by atoms with E-state index in [9.17, 15) is 9.59 Å². The minimum absolute atomic E-state index is 0.0770. The third kappa shape index (κ3) is 4.05. The summed E-state index contributed by atoms with van der Waals surface area (Å²) in [6.45, 7) is 1.34. The third-order valence-electron chi connectivity index (χ3n) is 4.94. The van der Waals surface area contributed by atoms with Gasteiger partial charge in [0.25, 0.3) is 0 Å². The molecule has 0 radical (unpaired) electrons. The Labute approximate surface area is 173 Å². The van der Waals surface area contributed by atoms with Crippen LogP contribution in [-0.4, -0.2) is 52.0 Å². The van der Waals surface area contributed by atoms with E-state index < -0.39 is 6.03 Å². The molecule has 1 fully saturated rings. The lowest BCUT2D eigenvalue weighted by Gasteiger charge is -2.20. The topological polar surface area (TPSA) is 98.4 Å². The maximum absolute atomic E-state index is 12.5. The smallest absolute Gasteiger partial charge is 0.319 e. The molecule has 2 aliphatic rings. The highest BCUT2D eigenvalue weighted by molar-refractivity contribution is 5.98. The van der Waals surface area contributed by atoms with Crippen molar-refractivity contribution in [3.63, 3.8) is 0 Å². The van der Waals surface area contributed by atoms with Crippen LogP contribution in [0.25, 0.3) is 0 Å². The van der Waals surface area contributed by atoms with Gasteiger partial charge in [-0.05, 0) is 24.3 Å². The van der Waals surface area contributed by atoms with E-state index in [0.717, 1.165) is 0 Å². The molecule has 0 spiro atoms. The van der Waals surface area contributed by atoms with Crippen molar-refractivity contribution in [2.75, 3.05) is 44.2 Å². The van der Waals surface area contributed by atoms with Gasteiger partial charge >= 0.3 is 6.03 Å². The van der Waals surface area contributed by atoms with Gasteiger partial charge in [0.1, 0.15) is 13.2 Å². The van der Waals surface area contributed by atoms with E-state index in [1.165, 1.54) is 0 Å². The second kappa shape index (κ2) is 8.40. The first-order valence-corrected chi connectivity index (χ1v) is 9.57. The first-order chi connectivity index (χ1) is 14.6. The number of carbonyl (C=O) groups excluding carboxylic acids is 2. The standard InChI is InChI=1S/C21H23N3O6/c1-27-16-6-4-15(11-18(16)28-2)24-12-14(10-20(24)25)23-21(26)22-13-3-5-17-19(9-13)30-8-7-29-17/h3-6,9,11,14H,7-8,10,12H2,1-2H3,(H2,22,23,26)/t14-/m1/s1. The highest BCUT2D eigenvalue weighted by atomic mass is 16.6. The Hall–Kier alpha value is -3.62. The molecule has 2 heterocycles. The Kier molecular flexibility index (Phi) is 5.51. The summed E-state index contributed by atoms with van der Waals surface area (Å²) in [7, 11) is 3.10. The molecule has 9 nitrogen and oxygen atoms in total. The summed E-state index contributed by atoms with van der Waals surface area (Å²) < 4.78 is 21.5. The molecule has 2 aromatic carbocycles. The highest BCUT2D eigenvalue weighted by Gasteiger charge is 2.32. The van der Waals surface area contributed by atoms with Crippen LogP contribution < -0.4 is 34.5 Å². The van der Waals surface area contributed by atoms with Gasteiger partial charge in [0, 0.05) is 36.5 Å². The molecule has 1 saturated heterocycles.